The van der Waals surface area contributed by atoms with Gasteiger partial charge in [-0.3, -0.25) is 4.79 Å². The van der Waals surface area contributed by atoms with Gasteiger partial charge in [-0.25, -0.2) is 4.39 Å². The van der Waals surface area contributed by atoms with Gasteiger partial charge in [0.15, 0.2) is 17.0 Å². The van der Waals surface area contributed by atoms with Crippen molar-refractivity contribution < 1.29 is 18.3 Å². The molecule has 4 nitrogen and oxygen atoms in total. The van der Waals surface area contributed by atoms with E-state index >= 15 is 0 Å². The fraction of sp³-hybridized carbons (Fsp3) is 0.389. The Morgan fingerprint density at radius 3 is 2.62 bits per heavy atom. The van der Waals surface area contributed by atoms with Crippen molar-refractivity contribution in [1.82, 2.24) is 4.98 Å². The molecule has 0 aliphatic carbocycles. The van der Waals surface area contributed by atoms with Gasteiger partial charge in [0.05, 0.1) is 18.9 Å². The summed E-state index contributed by atoms with van der Waals surface area (Å²) in [4.78, 5) is 14.8. The maximum Gasteiger partial charge on any atom is 0.200 e. The Morgan fingerprint density at radius 2 is 2.04 bits per heavy atom. The van der Waals surface area contributed by atoms with Crippen molar-refractivity contribution in [2.45, 2.75) is 32.8 Å². The van der Waals surface area contributed by atoms with Crippen LogP contribution in [0.25, 0.3) is 0 Å². The number of halogens is 2. The molecule has 1 fully saturated rings. The van der Waals surface area contributed by atoms with Crippen LogP contribution in [0.2, 0.25) is 0 Å². The third kappa shape index (κ3) is 4.20. The van der Waals surface area contributed by atoms with Crippen LogP contribution in [0.3, 0.4) is 0 Å². The number of hydrogen-bond acceptors (Lipinski definition) is 3. The van der Waals surface area contributed by atoms with Crippen LogP contribution < -0.4 is 10.2 Å². The van der Waals surface area contributed by atoms with Crippen molar-refractivity contribution in [3.63, 3.8) is 0 Å². The van der Waals surface area contributed by atoms with E-state index in [-0.39, 0.29) is 17.3 Å². The summed E-state index contributed by atoms with van der Waals surface area (Å²) in [6, 6.07) is 5.42. The van der Waals surface area contributed by atoms with Gasteiger partial charge in [-0.15, -0.1) is 0 Å². The molecule has 130 valence electrons. The second kappa shape index (κ2) is 8.06. The molecule has 2 heterocycles. The second-order valence-corrected chi connectivity index (χ2v) is 5.61. The molecule has 1 aliphatic rings. The van der Waals surface area contributed by atoms with Crippen molar-refractivity contribution >= 4 is 0 Å². The van der Waals surface area contributed by atoms with Crippen molar-refractivity contribution in [2.24, 2.45) is 0 Å². The summed E-state index contributed by atoms with van der Waals surface area (Å²) in [5.41, 5.74) is 2.77. The van der Waals surface area contributed by atoms with Gasteiger partial charge in [-0.05, 0) is 38.8 Å². The molecule has 0 bridgehead atoms. The summed E-state index contributed by atoms with van der Waals surface area (Å²) in [7, 11) is 1.29. The molecular formula is C18H21F2NO3. The number of benzene rings is 1. The zero-order chi connectivity index (χ0) is 17.7. The van der Waals surface area contributed by atoms with Gasteiger partial charge in [-0.2, -0.15) is 4.39 Å². The van der Waals surface area contributed by atoms with Gasteiger partial charge in [0.2, 0.25) is 5.82 Å². The first-order valence-corrected chi connectivity index (χ1v) is 7.74. The Kier molecular flexibility index (Phi) is 6.09. The average molecular weight is 337 g/mol. The van der Waals surface area contributed by atoms with Crippen LogP contribution in [-0.4, -0.2) is 18.7 Å². The Balaban J connectivity index is 0.000000185. The lowest BCUT2D eigenvalue weighted by Crippen LogP contribution is -2.14. The number of nitrogens with one attached hydrogen (secondary N) is 1. The minimum Gasteiger partial charge on any atom is -0.494 e. The van der Waals surface area contributed by atoms with E-state index in [1.54, 1.807) is 6.07 Å². The summed E-state index contributed by atoms with van der Waals surface area (Å²) < 4.78 is 34.9. The third-order valence-corrected chi connectivity index (χ3v) is 3.84. The molecule has 0 radical (unpaired) electrons. The van der Waals surface area contributed by atoms with Crippen LogP contribution in [0.1, 0.15) is 35.9 Å². The Labute approximate surface area is 139 Å². The Morgan fingerprint density at radius 1 is 1.29 bits per heavy atom. The molecule has 1 aliphatic heterocycles. The number of pyridine rings is 1. The minimum absolute atomic E-state index is 0.0694. The Hall–Kier alpha value is -2.21. The monoisotopic (exact) mass is 337 g/mol. The number of aromatic amines is 1. The van der Waals surface area contributed by atoms with Crippen LogP contribution >= 0.6 is 0 Å². The zero-order valence-electron chi connectivity index (χ0n) is 14.0. The number of aromatic nitrogens is 1. The van der Waals surface area contributed by atoms with Crippen LogP contribution in [0.5, 0.6) is 5.75 Å². The van der Waals surface area contributed by atoms with E-state index in [0.29, 0.717) is 0 Å². The van der Waals surface area contributed by atoms with E-state index in [1.807, 2.05) is 13.8 Å². The second-order valence-electron chi connectivity index (χ2n) is 5.61. The van der Waals surface area contributed by atoms with Crippen LogP contribution in [0.4, 0.5) is 8.78 Å². The predicted molar refractivity (Wildman–Crippen MR) is 87.4 cm³/mol. The average Bonchev–Trinajstić information content (AvgIpc) is 3.08. The summed E-state index contributed by atoms with van der Waals surface area (Å²) in [5.74, 6) is -1.90. The SMILES string of the molecule is COc1cccc(F)c1F.Cc1cc(=O)c(C)c(C2CCCO2)[nH]1. The van der Waals surface area contributed by atoms with Crippen molar-refractivity contribution in [2.75, 3.05) is 13.7 Å². The quantitative estimate of drug-likeness (QED) is 0.906. The van der Waals surface area contributed by atoms with E-state index in [4.69, 9.17) is 4.74 Å². The number of aryl methyl sites for hydroxylation is 1. The molecular weight excluding hydrogens is 316 g/mol. The number of methoxy groups -OCH3 is 1. The lowest BCUT2D eigenvalue weighted by atomic mass is 10.1. The predicted octanol–water partition coefficient (Wildman–Crippen LogP) is 3.82. The molecule has 0 amide bonds. The molecule has 3 rings (SSSR count). The molecule has 1 saturated heterocycles. The van der Waals surface area contributed by atoms with Gasteiger partial charge < -0.3 is 14.5 Å². The van der Waals surface area contributed by atoms with Gasteiger partial charge in [0.25, 0.3) is 0 Å². The van der Waals surface area contributed by atoms with Crippen LogP contribution in [0.15, 0.2) is 29.1 Å². The lowest BCUT2D eigenvalue weighted by molar-refractivity contribution is 0.108. The third-order valence-electron chi connectivity index (χ3n) is 3.84. The number of ether oxygens (including phenoxy) is 2. The smallest absolute Gasteiger partial charge is 0.200 e. The molecule has 1 aromatic carbocycles. The molecule has 1 atom stereocenters. The molecule has 24 heavy (non-hydrogen) atoms. The highest BCUT2D eigenvalue weighted by molar-refractivity contribution is 5.25. The number of rotatable bonds is 2. The molecule has 1 unspecified atom stereocenters. The molecule has 0 saturated carbocycles. The summed E-state index contributed by atoms with van der Waals surface area (Å²) in [6.45, 7) is 4.56. The van der Waals surface area contributed by atoms with E-state index in [0.717, 1.165) is 42.5 Å². The maximum absolute atomic E-state index is 12.5. The van der Waals surface area contributed by atoms with Crippen molar-refractivity contribution in [3.05, 3.63) is 63.1 Å². The first kappa shape index (κ1) is 18.1. The highest BCUT2D eigenvalue weighted by Gasteiger charge is 2.21. The van der Waals surface area contributed by atoms with E-state index in [9.17, 15) is 13.6 Å². The number of hydrogen-bond donors (Lipinski definition) is 1. The van der Waals surface area contributed by atoms with Crippen LogP contribution in [-0.2, 0) is 4.74 Å². The van der Waals surface area contributed by atoms with Crippen LogP contribution in [0, 0.1) is 25.5 Å². The van der Waals surface area contributed by atoms with Crippen molar-refractivity contribution in [3.8, 4) is 5.75 Å². The molecule has 6 heteroatoms. The van der Waals surface area contributed by atoms with Crippen molar-refractivity contribution in [1.29, 1.82) is 0 Å². The first-order valence-electron chi connectivity index (χ1n) is 7.74. The van der Waals surface area contributed by atoms with Gasteiger partial charge in [0.1, 0.15) is 0 Å². The van der Waals surface area contributed by atoms with E-state index in [1.165, 1.54) is 19.2 Å². The largest absolute Gasteiger partial charge is 0.494 e. The molecule has 2 aromatic rings. The topological polar surface area (TPSA) is 51.3 Å². The van der Waals surface area contributed by atoms with E-state index in [2.05, 4.69) is 9.72 Å². The number of H-pyrrole nitrogens is 1. The summed E-state index contributed by atoms with van der Waals surface area (Å²) in [6.07, 6.45) is 2.20. The lowest BCUT2D eigenvalue weighted by Gasteiger charge is -2.13. The molecule has 1 aromatic heterocycles. The highest BCUT2D eigenvalue weighted by atomic mass is 19.2. The first-order chi connectivity index (χ1) is 11.4. The normalized spacial score (nSPS) is 16.5. The Bertz CT molecular complexity index is 752. The standard InChI is InChI=1S/C11H15NO2.C7H6F2O/c1-7-6-9(13)8(2)11(12-7)10-4-3-5-14-10;1-10-6-4-2-3-5(8)7(6)9/h6,10H,3-5H2,1-2H3,(H,12,13);2-4H,1H3. The van der Waals surface area contributed by atoms with E-state index < -0.39 is 11.6 Å². The molecule has 1 N–H and O–H groups in total. The summed E-state index contributed by atoms with van der Waals surface area (Å²) in [5, 5.41) is 0. The maximum atomic E-state index is 12.5. The fourth-order valence-corrected chi connectivity index (χ4v) is 2.55. The molecule has 0 spiro atoms. The highest BCUT2D eigenvalue weighted by Crippen LogP contribution is 2.28. The minimum atomic E-state index is -0.940. The van der Waals surface area contributed by atoms with Gasteiger partial charge in [-0.1, -0.05) is 6.07 Å². The zero-order valence-corrected chi connectivity index (χ0v) is 14.0. The summed E-state index contributed by atoms with van der Waals surface area (Å²) >= 11 is 0. The fourth-order valence-electron chi connectivity index (χ4n) is 2.55. The van der Waals surface area contributed by atoms with Gasteiger partial charge >= 0.3 is 0 Å². The van der Waals surface area contributed by atoms with Gasteiger partial charge in [0, 0.05) is 23.9 Å².